The zero-order valence-corrected chi connectivity index (χ0v) is 8.45. The first-order valence-corrected chi connectivity index (χ1v) is 5.40. The van der Waals surface area contributed by atoms with E-state index in [9.17, 15) is 0 Å². The average Bonchev–Trinajstić information content (AvgIpc) is 3.00. The van der Waals surface area contributed by atoms with Gasteiger partial charge in [-0.15, -0.1) is 0 Å². The van der Waals surface area contributed by atoms with E-state index >= 15 is 0 Å². The second-order valence-electron chi connectivity index (χ2n) is 4.33. The Morgan fingerprint density at radius 1 is 1.23 bits per heavy atom. The summed E-state index contributed by atoms with van der Waals surface area (Å²) in [6, 6.07) is 1.26. The van der Waals surface area contributed by atoms with Crippen molar-refractivity contribution in [3.8, 4) is 0 Å². The van der Waals surface area contributed by atoms with Crippen molar-refractivity contribution in [1.82, 2.24) is 9.80 Å². The van der Waals surface area contributed by atoms with Crippen LogP contribution in [-0.2, 0) is 0 Å². The van der Waals surface area contributed by atoms with Crippen LogP contribution in [0.5, 0.6) is 0 Å². The third-order valence-electron chi connectivity index (χ3n) is 3.30. The summed E-state index contributed by atoms with van der Waals surface area (Å²) in [5, 5.41) is 9.02. The summed E-state index contributed by atoms with van der Waals surface area (Å²) in [5.74, 6) is 0. The van der Waals surface area contributed by atoms with Crippen LogP contribution in [0.1, 0.15) is 19.8 Å². The van der Waals surface area contributed by atoms with Crippen LogP contribution in [0, 0.1) is 0 Å². The lowest BCUT2D eigenvalue weighted by molar-refractivity contribution is 0.0700. The molecule has 0 aromatic heterocycles. The molecule has 0 amide bonds. The number of nitrogens with zero attached hydrogens (tertiary/aromatic N) is 2. The van der Waals surface area contributed by atoms with Gasteiger partial charge in [-0.05, 0) is 19.8 Å². The monoisotopic (exact) mass is 184 g/mol. The lowest BCUT2D eigenvalue weighted by atomic mass is 10.2. The Morgan fingerprint density at radius 2 is 1.85 bits per heavy atom. The van der Waals surface area contributed by atoms with Crippen molar-refractivity contribution in [2.75, 3.05) is 32.8 Å². The summed E-state index contributed by atoms with van der Waals surface area (Å²) in [6.45, 7) is 7.08. The summed E-state index contributed by atoms with van der Waals surface area (Å²) >= 11 is 0. The van der Waals surface area contributed by atoms with Gasteiger partial charge in [-0.3, -0.25) is 9.80 Å². The molecule has 3 heteroatoms. The van der Waals surface area contributed by atoms with E-state index in [0.717, 1.165) is 19.1 Å². The van der Waals surface area contributed by atoms with Crippen LogP contribution >= 0.6 is 0 Å². The summed E-state index contributed by atoms with van der Waals surface area (Å²) in [5.41, 5.74) is 0. The van der Waals surface area contributed by atoms with Gasteiger partial charge in [0.2, 0.25) is 0 Å². The van der Waals surface area contributed by atoms with Gasteiger partial charge in [0, 0.05) is 38.3 Å². The summed E-state index contributed by atoms with van der Waals surface area (Å²) in [7, 11) is 0. The van der Waals surface area contributed by atoms with Crippen LogP contribution in [0.25, 0.3) is 0 Å². The molecule has 1 aliphatic carbocycles. The van der Waals surface area contributed by atoms with E-state index in [4.69, 9.17) is 5.11 Å². The van der Waals surface area contributed by atoms with Gasteiger partial charge in [-0.1, -0.05) is 0 Å². The van der Waals surface area contributed by atoms with Crippen molar-refractivity contribution in [1.29, 1.82) is 0 Å². The van der Waals surface area contributed by atoms with Crippen LogP contribution in [-0.4, -0.2) is 59.8 Å². The number of aliphatic hydroxyl groups is 1. The molecule has 76 valence electrons. The van der Waals surface area contributed by atoms with E-state index in [2.05, 4.69) is 16.7 Å². The minimum absolute atomic E-state index is 0.295. The lowest BCUT2D eigenvalue weighted by Gasteiger charge is -2.37. The molecule has 1 saturated carbocycles. The van der Waals surface area contributed by atoms with Gasteiger partial charge < -0.3 is 5.11 Å². The smallest absolute Gasteiger partial charge is 0.0584 e. The Labute approximate surface area is 80.3 Å². The van der Waals surface area contributed by atoms with Crippen LogP contribution in [0.4, 0.5) is 0 Å². The SMILES string of the molecule is CC(CO)N1CCN(C2CC2)CC1. The van der Waals surface area contributed by atoms with Gasteiger partial charge >= 0.3 is 0 Å². The molecule has 0 radical (unpaired) electrons. The molecule has 1 aliphatic heterocycles. The first-order chi connectivity index (χ1) is 6.31. The molecule has 1 N–H and O–H groups in total. The molecule has 0 spiro atoms. The van der Waals surface area contributed by atoms with Crippen LogP contribution in [0.15, 0.2) is 0 Å². The zero-order valence-electron chi connectivity index (χ0n) is 8.45. The third-order valence-corrected chi connectivity index (χ3v) is 3.30. The number of hydrogen-bond donors (Lipinski definition) is 1. The Kier molecular flexibility index (Phi) is 2.86. The normalized spacial score (nSPS) is 29.1. The first kappa shape index (κ1) is 9.44. The number of aliphatic hydroxyl groups excluding tert-OH is 1. The van der Waals surface area contributed by atoms with Crippen molar-refractivity contribution >= 4 is 0 Å². The highest BCUT2D eigenvalue weighted by molar-refractivity contribution is 4.88. The molecule has 0 aromatic rings. The van der Waals surface area contributed by atoms with Gasteiger partial charge in [0.25, 0.3) is 0 Å². The summed E-state index contributed by atoms with van der Waals surface area (Å²) in [6.07, 6.45) is 2.82. The third kappa shape index (κ3) is 2.22. The highest BCUT2D eigenvalue weighted by Gasteiger charge is 2.31. The second kappa shape index (κ2) is 3.95. The highest BCUT2D eigenvalue weighted by Crippen LogP contribution is 2.27. The predicted octanol–water partition coefficient (Wildman–Crippen LogP) is 0.147. The predicted molar refractivity (Wildman–Crippen MR) is 52.7 cm³/mol. The fourth-order valence-corrected chi connectivity index (χ4v) is 2.10. The number of piperazine rings is 1. The Bertz CT molecular complexity index is 162. The molecular formula is C10H20N2O. The highest BCUT2D eigenvalue weighted by atomic mass is 16.3. The first-order valence-electron chi connectivity index (χ1n) is 5.40. The fraction of sp³-hybridized carbons (Fsp3) is 1.00. The molecule has 0 bridgehead atoms. The van der Waals surface area contributed by atoms with Crippen molar-refractivity contribution in [3.63, 3.8) is 0 Å². The van der Waals surface area contributed by atoms with E-state index < -0.39 is 0 Å². The Hall–Kier alpha value is -0.120. The molecule has 1 unspecified atom stereocenters. The number of hydrogen-bond acceptors (Lipinski definition) is 3. The van der Waals surface area contributed by atoms with Crippen LogP contribution in [0.3, 0.4) is 0 Å². The Balaban J connectivity index is 1.74. The van der Waals surface area contributed by atoms with Gasteiger partial charge in [0.15, 0.2) is 0 Å². The lowest BCUT2D eigenvalue weighted by Crippen LogP contribution is -2.51. The average molecular weight is 184 g/mol. The van der Waals surface area contributed by atoms with Gasteiger partial charge in [-0.2, -0.15) is 0 Å². The number of rotatable bonds is 3. The van der Waals surface area contributed by atoms with Crippen molar-refractivity contribution in [3.05, 3.63) is 0 Å². The maximum Gasteiger partial charge on any atom is 0.0584 e. The van der Waals surface area contributed by atoms with Gasteiger partial charge in [0.1, 0.15) is 0 Å². The molecule has 1 atom stereocenters. The maximum absolute atomic E-state index is 9.02. The van der Waals surface area contributed by atoms with Crippen LogP contribution in [0.2, 0.25) is 0 Å². The molecule has 0 aromatic carbocycles. The molecule has 13 heavy (non-hydrogen) atoms. The quantitative estimate of drug-likeness (QED) is 0.676. The summed E-state index contributed by atoms with van der Waals surface area (Å²) < 4.78 is 0. The Morgan fingerprint density at radius 3 is 2.31 bits per heavy atom. The molecular weight excluding hydrogens is 164 g/mol. The van der Waals surface area contributed by atoms with E-state index in [1.807, 2.05) is 0 Å². The molecule has 2 rings (SSSR count). The minimum atomic E-state index is 0.295. The molecule has 2 fully saturated rings. The van der Waals surface area contributed by atoms with Crippen molar-refractivity contribution in [2.45, 2.75) is 31.8 Å². The van der Waals surface area contributed by atoms with E-state index in [1.165, 1.54) is 25.9 Å². The van der Waals surface area contributed by atoms with E-state index in [0.29, 0.717) is 12.6 Å². The second-order valence-corrected chi connectivity index (χ2v) is 4.33. The van der Waals surface area contributed by atoms with Crippen LogP contribution < -0.4 is 0 Å². The molecule has 3 nitrogen and oxygen atoms in total. The van der Waals surface area contributed by atoms with E-state index in [-0.39, 0.29) is 0 Å². The summed E-state index contributed by atoms with van der Waals surface area (Å²) in [4.78, 5) is 4.99. The molecule has 2 aliphatic rings. The largest absolute Gasteiger partial charge is 0.395 e. The fourth-order valence-electron chi connectivity index (χ4n) is 2.10. The molecule has 1 saturated heterocycles. The topological polar surface area (TPSA) is 26.7 Å². The van der Waals surface area contributed by atoms with Gasteiger partial charge in [-0.25, -0.2) is 0 Å². The standard InChI is InChI=1S/C10H20N2O/c1-9(8-13)11-4-6-12(7-5-11)10-2-3-10/h9-10,13H,2-8H2,1H3. The van der Waals surface area contributed by atoms with Crippen molar-refractivity contribution < 1.29 is 5.11 Å². The molecule has 1 heterocycles. The zero-order chi connectivity index (χ0) is 9.26. The van der Waals surface area contributed by atoms with Gasteiger partial charge in [0.05, 0.1) is 6.61 Å². The minimum Gasteiger partial charge on any atom is -0.395 e. The maximum atomic E-state index is 9.02. The van der Waals surface area contributed by atoms with Crippen molar-refractivity contribution in [2.24, 2.45) is 0 Å². The van der Waals surface area contributed by atoms with E-state index in [1.54, 1.807) is 0 Å².